The third kappa shape index (κ3) is 3.00. The van der Waals surface area contributed by atoms with Gasteiger partial charge in [-0.3, -0.25) is 4.68 Å². The molecule has 3 aromatic heterocycles. The molecule has 0 radical (unpaired) electrons. The van der Waals surface area contributed by atoms with E-state index in [0.717, 1.165) is 56.2 Å². The van der Waals surface area contributed by atoms with Gasteiger partial charge in [0.25, 0.3) is 0 Å². The van der Waals surface area contributed by atoms with Crippen LogP contribution in [0.5, 0.6) is 0 Å². The average molecular weight is 339 g/mol. The molecule has 7 heteroatoms. The number of aryl methyl sites for hydroxylation is 2. The Morgan fingerprint density at radius 3 is 2.92 bits per heavy atom. The fourth-order valence-electron chi connectivity index (χ4n) is 3.60. The Hall–Kier alpha value is -2.41. The SMILES string of the molecule is CCCC(c1nccn1C)n1ccnc1-c1cc2n(n1)CCCNC2. The van der Waals surface area contributed by atoms with Gasteiger partial charge in [-0.05, 0) is 25.5 Å². The first-order chi connectivity index (χ1) is 12.3. The molecule has 0 amide bonds. The summed E-state index contributed by atoms with van der Waals surface area (Å²) < 4.78 is 6.43. The van der Waals surface area contributed by atoms with Gasteiger partial charge in [0.1, 0.15) is 11.5 Å². The van der Waals surface area contributed by atoms with Crippen LogP contribution in [-0.4, -0.2) is 35.4 Å². The molecule has 3 aromatic rings. The first-order valence-electron chi connectivity index (χ1n) is 9.05. The summed E-state index contributed by atoms with van der Waals surface area (Å²) in [4.78, 5) is 9.21. The van der Waals surface area contributed by atoms with E-state index in [-0.39, 0.29) is 6.04 Å². The summed E-state index contributed by atoms with van der Waals surface area (Å²) in [5.41, 5.74) is 2.17. The summed E-state index contributed by atoms with van der Waals surface area (Å²) in [6.45, 7) is 5.08. The molecule has 1 aliphatic rings. The zero-order chi connectivity index (χ0) is 17.2. The summed E-state index contributed by atoms with van der Waals surface area (Å²) in [6.07, 6.45) is 11.0. The Morgan fingerprint density at radius 2 is 2.12 bits per heavy atom. The lowest BCUT2D eigenvalue weighted by atomic mass is 10.1. The summed E-state index contributed by atoms with van der Waals surface area (Å²) in [7, 11) is 2.05. The lowest BCUT2D eigenvalue weighted by molar-refractivity contribution is 0.494. The molecule has 132 valence electrons. The van der Waals surface area contributed by atoms with E-state index in [1.54, 1.807) is 0 Å². The minimum Gasteiger partial charge on any atom is -0.336 e. The number of fused-ring (bicyclic) bond motifs is 1. The maximum atomic E-state index is 4.83. The summed E-state index contributed by atoms with van der Waals surface area (Å²) in [5.74, 6) is 1.98. The van der Waals surface area contributed by atoms with Crippen molar-refractivity contribution in [3.63, 3.8) is 0 Å². The van der Waals surface area contributed by atoms with Gasteiger partial charge >= 0.3 is 0 Å². The lowest BCUT2D eigenvalue weighted by Gasteiger charge is -2.19. The van der Waals surface area contributed by atoms with Crippen molar-refractivity contribution in [2.24, 2.45) is 7.05 Å². The summed E-state index contributed by atoms with van der Waals surface area (Å²) in [5, 5.41) is 8.27. The maximum Gasteiger partial charge on any atom is 0.161 e. The van der Waals surface area contributed by atoms with Crippen LogP contribution in [0, 0.1) is 0 Å². The van der Waals surface area contributed by atoms with Crippen LogP contribution in [0.1, 0.15) is 43.7 Å². The van der Waals surface area contributed by atoms with Crippen molar-refractivity contribution >= 4 is 0 Å². The normalized spacial score (nSPS) is 15.8. The van der Waals surface area contributed by atoms with E-state index in [9.17, 15) is 0 Å². The molecule has 0 fully saturated rings. The molecule has 0 bridgehead atoms. The van der Waals surface area contributed by atoms with E-state index in [0.29, 0.717) is 0 Å². The number of nitrogens with zero attached hydrogens (tertiary/aromatic N) is 6. The van der Waals surface area contributed by atoms with E-state index in [2.05, 4.69) is 42.1 Å². The first kappa shape index (κ1) is 16.1. The van der Waals surface area contributed by atoms with Gasteiger partial charge in [-0.25, -0.2) is 9.97 Å². The summed E-state index contributed by atoms with van der Waals surface area (Å²) in [6, 6.07) is 2.33. The molecule has 1 N–H and O–H groups in total. The predicted molar refractivity (Wildman–Crippen MR) is 96.0 cm³/mol. The first-order valence-corrected chi connectivity index (χ1v) is 9.05. The Morgan fingerprint density at radius 1 is 1.24 bits per heavy atom. The number of nitrogens with one attached hydrogen (secondary N) is 1. The zero-order valence-electron chi connectivity index (χ0n) is 14.9. The van der Waals surface area contributed by atoms with Gasteiger partial charge < -0.3 is 14.5 Å². The highest BCUT2D eigenvalue weighted by atomic mass is 15.3. The van der Waals surface area contributed by atoms with E-state index in [1.165, 1.54) is 5.69 Å². The van der Waals surface area contributed by atoms with Crippen molar-refractivity contribution in [3.8, 4) is 11.5 Å². The third-order valence-corrected chi connectivity index (χ3v) is 4.85. The van der Waals surface area contributed by atoms with Crippen LogP contribution < -0.4 is 5.32 Å². The van der Waals surface area contributed by atoms with Gasteiger partial charge in [0.05, 0.1) is 11.7 Å². The van der Waals surface area contributed by atoms with Crippen LogP contribution in [-0.2, 0) is 20.1 Å². The second kappa shape index (κ2) is 6.84. The van der Waals surface area contributed by atoms with Gasteiger partial charge in [-0.15, -0.1) is 0 Å². The molecule has 0 spiro atoms. The van der Waals surface area contributed by atoms with Crippen LogP contribution in [0.25, 0.3) is 11.5 Å². The molecular weight excluding hydrogens is 314 g/mol. The molecule has 4 heterocycles. The monoisotopic (exact) mass is 339 g/mol. The van der Waals surface area contributed by atoms with Gasteiger partial charge in [-0.2, -0.15) is 5.10 Å². The van der Waals surface area contributed by atoms with Crippen LogP contribution >= 0.6 is 0 Å². The van der Waals surface area contributed by atoms with Crippen LogP contribution in [0.2, 0.25) is 0 Å². The van der Waals surface area contributed by atoms with Crippen LogP contribution in [0.3, 0.4) is 0 Å². The minimum atomic E-state index is 0.169. The fourth-order valence-corrected chi connectivity index (χ4v) is 3.60. The zero-order valence-corrected chi connectivity index (χ0v) is 14.9. The highest BCUT2D eigenvalue weighted by molar-refractivity contribution is 5.51. The number of imidazole rings is 2. The maximum absolute atomic E-state index is 4.83. The van der Waals surface area contributed by atoms with Gasteiger partial charge in [-0.1, -0.05) is 13.3 Å². The van der Waals surface area contributed by atoms with E-state index < -0.39 is 0 Å². The molecule has 4 rings (SSSR count). The van der Waals surface area contributed by atoms with Crippen molar-refractivity contribution in [2.75, 3.05) is 6.54 Å². The highest BCUT2D eigenvalue weighted by Crippen LogP contribution is 2.28. The molecule has 7 nitrogen and oxygen atoms in total. The lowest BCUT2D eigenvalue weighted by Crippen LogP contribution is -2.16. The second-order valence-electron chi connectivity index (χ2n) is 6.63. The van der Waals surface area contributed by atoms with E-state index in [1.807, 2.05) is 31.8 Å². The largest absolute Gasteiger partial charge is 0.336 e. The number of hydrogen-bond acceptors (Lipinski definition) is 4. The van der Waals surface area contributed by atoms with Crippen molar-refractivity contribution in [3.05, 3.63) is 42.4 Å². The molecular formula is C18H25N7. The molecule has 0 aliphatic carbocycles. The van der Waals surface area contributed by atoms with Gasteiger partial charge in [0, 0.05) is 44.9 Å². The van der Waals surface area contributed by atoms with Crippen molar-refractivity contribution in [1.29, 1.82) is 0 Å². The number of aromatic nitrogens is 6. The van der Waals surface area contributed by atoms with E-state index in [4.69, 9.17) is 5.10 Å². The van der Waals surface area contributed by atoms with E-state index >= 15 is 0 Å². The third-order valence-electron chi connectivity index (χ3n) is 4.85. The molecule has 1 aliphatic heterocycles. The minimum absolute atomic E-state index is 0.169. The molecule has 0 saturated heterocycles. The quantitative estimate of drug-likeness (QED) is 0.775. The standard InChI is InChI=1S/C18H25N7/c1-3-5-16(18-21-7-10-23(18)2)24-11-8-20-17(24)15-12-14-13-19-6-4-9-25(14)22-15/h7-8,10-12,16,19H,3-6,9,13H2,1-2H3. The molecule has 1 unspecified atom stereocenters. The number of rotatable bonds is 5. The van der Waals surface area contributed by atoms with Gasteiger partial charge in [0.2, 0.25) is 0 Å². The molecule has 25 heavy (non-hydrogen) atoms. The summed E-state index contributed by atoms with van der Waals surface area (Å²) >= 11 is 0. The highest BCUT2D eigenvalue weighted by Gasteiger charge is 2.22. The Balaban J connectivity index is 1.73. The molecule has 0 saturated carbocycles. The second-order valence-corrected chi connectivity index (χ2v) is 6.63. The van der Waals surface area contributed by atoms with Crippen LogP contribution in [0.4, 0.5) is 0 Å². The predicted octanol–water partition coefficient (Wildman–Crippen LogP) is 2.36. The van der Waals surface area contributed by atoms with Crippen molar-refractivity contribution in [1.82, 2.24) is 34.2 Å². The fraction of sp³-hybridized carbons (Fsp3) is 0.500. The Labute approximate surface area is 147 Å². The van der Waals surface area contributed by atoms with Gasteiger partial charge in [0.15, 0.2) is 5.82 Å². The average Bonchev–Trinajstić information content (AvgIpc) is 3.31. The Kier molecular flexibility index (Phi) is 4.40. The molecule has 1 atom stereocenters. The smallest absolute Gasteiger partial charge is 0.161 e. The topological polar surface area (TPSA) is 65.5 Å². The van der Waals surface area contributed by atoms with Crippen LogP contribution in [0.15, 0.2) is 30.9 Å². The van der Waals surface area contributed by atoms with Crippen molar-refractivity contribution < 1.29 is 0 Å². The molecule has 0 aromatic carbocycles. The Bertz CT molecular complexity index is 818. The van der Waals surface area contributed by atoms with Crippen molar-refractivity contribution in [2.45, 2.75) is 45.3 Å². The number of hydrogen-bond donors (Lipinski definition) is 1.